The first-order valence-electron chi connectivity index (χ1n) is 8.80. The number of carbonyl (C=O) groups excluding carboxylic acids is 1. The number of rotatable bonds is 4. The largest absolute Gasteiger partial charge is 0.359 e. The van der Waals surface area contributed by atoms with Gasteiger partial charge < -0.3 is 15.6 Å². The van der Waals surface area contributed by atoms with Crippen LogP contribution in [-0.4, -0.2) is 27.8 Å². The predicted octanol–water partition coefficient (Wildman–Crippen LogP) is 4.14. The zero-order valence-corrected chi connectivity index (χ0v) is 15.3. The van der Waals surface area contributed by atoms with Gasteiger partial charge in [0.15, 0.2) is 0 Å². The number of hydrogen-bond donors (Lipinski definition) is 3. The number of aryl methyl sites for hydroxylation is 1. The zero-order valence-electron chi connectivity index (χ0n) is 15.3. The topological polar surface area (TPSA) is 74.7 Å². The molecular formula is C21H21N5O. The molecule has 2 amide bonds. The lowest BCUT2D eigenvalue weighted by molar-refractivity contribution is 0.254. The van der Waals surface area contributed by atoms with Crippen LogP contribution < -0.4 is 10.6 Å². The predicted molar refractivity (Wildman–Crippen MR) is 108 cm³/mol. The van der Waals surface area contributed by atoms with Crippen molar-refractivity contribution in [3.63, 3.8) is 0 Å². The first kappa shape index (κ1) is 16.9. The molecule has 0 spiro atoms. The first-order valence-corrected chi connectivity index (χ1v) is 8.80. The number of urea groups is 1. The second kappa shape index (κ2) is 6.99. The molecule has 4 aromatic rings. The van der Waals surface area contributed by atoms with E-state index in [1.165, 1.54) is 11.1 Å². The normalized spacial score (nSPS) is 10.9. The van der Waals surface area contributed by atoms with Crippen molar-refractivity contribution in [1.82, 2.24) is 20.1 Å². The average Bonchev–Trinajstić information content (AvgIpc) is 3.30. The minimum atomic E-state index is -0.243. The average molecular weight is 359 g/mol. The molecule has 0 aliphatic rings. The number of aromatic amines is 1. The summed E-state index contributed by atoms with van der Waals surface area (Å²) < 4.78 is 1.94. The van der Waals surface area contributed by atoms with Crippen molar-refractivity contribution < 1.29 is 4.79 Å². The van der Waals surface area contributed by atoms with Crippen LogP contribution in [-0.2, 0) is 6.54 Å². The number of fused-ring (bicyclic) bond motifs is 1. The van der Waals surface area contributed by atoms with Crippen molar-refractivity contribution >= 4 is 22.6 Å². The Balaban J connectivity index is 1.60. The Hall–Kier alpha value is -3.54. The molecule has 0 bridgehead atoms. The highest BCUT2D eigenvalue weighted by Gasteiger charge is 2.09. The molecule has 0 atom stereocenters. The van der Waals surface area contributed by atoms with E-state index in [-0.39, 0.29) is 6.03 Å². The highest BCUT2D eigenvalue weighted by atomic mass is 16.2. The Morgan fingerprint density at radius 2 is 1.96 bits per heavy atom. The molecule has 0 aliphatic heterocycles. The van der Waals surface area contributed by atoms with E-state index in [1.54, 1.807) is 13.2 Å². The summed E-state index contributed by atoms with van der Waals surface area (Å²) in [6, 6.07) is 14.4. The van der Waals surface area contributed by atoms with Crippen LogP contribution in [0.15, 0.2) is 61.1 Å². The number of nitrogens with zero attached hydrogens (tertiary/aromatic N) is 2. The maximum atomic E-state index is 11.6. The fourth-order valence-corrected chi connectivity index (χ4v) is 3.07. The highest BCUT2D eigenvalue weighted by Crippen LogP contribution is 2.29. The van der Waals surface area contributed by atoms with Crippen molar-refractivity contribution in [2.24, 2.45) is 0 Å². The third-order valence-corrected chi connectivity index (χ3v) is 4.59. The van der Waals surface area contributed by atoms with Crippen LogP contribution in [0.5, 0.6) is 0 Å². The molecule has 136 valence electrons. The molecule has 0 aliphatic carbocycles. The second-order valence-corrected chi connectivity index (χ2v) is 6.58. The summed E-state index contributed by atoms with van der Waals surface area (Å²) in [5.41, 5.74) is 6.28. The molecular weight excluding hydrogens is 338 g/mol. The lowest BCUT2D eigenvalue weighted by atomic mass is 10.1. The summed E-state index contributed by atoms with van der Waals surface area (Å²) in [7, 11) is 1.60. The number of anilines is 1. The maximum absolute atomic E-state index is 11.6. The Bertz CT molecular complexity index is 1090. The third-order valence-electron chi connectivity index (χ3n) is 4.59. The quantitative estimate of drug-likeness (QED) is 0.512. The summed E-state index contributed by atoms with van der Waals surface area (Å²) in [5, 5.41) is 10.9. The molecule has 0 unspecified atom stereocenters. The van der Waals surface area contributed by atoms with Crippen molar-refractivity contribution in [2.45, 2.75) is 13.5 Å². The summed E-state index contributed by atoms with van der Waals surface area (Å²) in [4.78, 5) is 14.8. The van der Waals surface area contributed by atoms with Gasteiger partial charge in [-0.05, 0) is 30.2 Å². The van der Waals surface area contributed by atoms with Gasteiger partial charge in [-0.2, -0.15) is 5.10 Å². The zero-order chi connectivity index (χ0) is 18.8. The van der Waals surface area contributed by atoms with Crippen molar-refractivity contribution in [3.05, 3.63) is 72.2 Å². The fraction of sp³-hybridized carbons (Fsp3) is 0.143. The molecule has 3 N–H and O–H groups in total. The number of nitrogens with one attached hydrogen (secondary N) is 3. The standard InChI is InChI=1S/C21H21N5O/c1-14-3-5-15(6-4-14)12-26-13-17(10-24-26)16-7-8-19-18(9-16)20(11-23-19)25-21(27)22-2/h3-11,13,23H,12H2,1-2H3,(H2,22,25,27). The maximum Gasteiger partial charge on any atom is 0.319 e. The van der Waals surface area contributed by atoms with E-state index in [2.05, 4.69) is 64.0 Å². The van der Waals surface area contributed by atoms with E-state index in [0.29, 0.717) is 0 Å². The lowest BCUT2D eigenvalue weighted by Gasteiger charge is -2.04. The minimum absolute atomic E-state index is 0.243. The SMILES string of the molecule is CNC(=O)Nc1c[nH]c2ccc(-c3cnn(Cc4ccc(C)cc4)c3)cc12. The number of benzene rings is 2. The Morgan fingerprint density at radius 3 is 2.74 bits per heavy atom. The fourth-order valence-electron chi connectivity index (χ4n) is 3.07. The molecule has 0 saturated heterocycles. The van der Waals surface area contributed by atoms with Gasteiger partial charge in [-0.25, -0.2) is 4.79 Å². The van der Waals surface area contributed by atoms with Crippen LogP contribution in [0.4, 0.5) is 10.5 Å². The van der Waals surface area contributed by atoms with E-state index in [0.717, 1.165) is 34.3 Å². The number of carbonyl (C=O) groups is 1. The highest BCUT2D eigenvalue weighted by molar-refractivity contribution is 6.02. The van der Waals surface area contributed by atoms with Crippen LogP contribution in [0.2, 0.25) is 0 Å². The lowest BCUT2D eigenvalue weighted by Crippen LogP contribution is -2.24. The van der Waals surface area contributed by atoms with E-state index >= 15 is 0 Å². The molecule has 27 heavy (non-hydrogen) atoms. The molecule has 2 aromatic carbocycles. The summed E-state index contributed by atoms with van der Waals surface area (Å²) in [6.07, 6.45) is 5.71. The molecule has 6 heteroatoms. The van der Waals surface area contributed by atoms with Crippen LogP contribution in [0.1, 0.15) is 11.1 Å². The summed E-state index contributed by atoms with van der Waals surface area (Å²) >= 11 is 0. The van der Waals surface area contributed by atoms with Crippen LogP contribution in [0.3, 0.4) is 0 Å². The summed E-state index contributed by atoms with van der Waals surface area (Å²) in [5.74, 6) is 0. The minimum Gasteiger partial charge on any atom is -0.359 e. The van der Waals surface area contributed by atoms with Gasteiger partial charge in [0.05, 0.1) is 18.4 Å². The van der Waals surface area contributed by atoms with Crippen molar-refractivity contribution in [3.8, 4) is 11.1 Å². The Morgan fingerprint density at radius 1 is 1.15 bits per heavy atom. The number of aromatic nitrogens is 3. The van der Waals surface area contributed by atoms with Crippen LogP contribution >= 0.6 is 0 Å². The monoisotopic (exact) mass is 359 g/mol. The van der Waals surface area contributed by atoms with Gasteiger partial charge in [0.25, 0.3) is 0 Å². The van der Waals surface area contributed by atoms with E-state index in [9.17, 15) is 4.79 Å². The Labute approximate surface area is 157 Å². The van der Waals surface area contributed by atoms with Gasteiger partial charge in [0, 0.05) is 35.9 Å². The Kier molecular flexibility index (Phi) is 4.38. The molecule has 0 saturated carbocycles. The number of H-pyrrole nitrogens is 1. The molecule has 2 heterocycles. The number of amides is 2. The molecule has 0 fully saturated rings. The first-order chi connectivity index (χ1) is 13.1. The van der Waals surface area contributed by atoms with Gasteiger partial charge in [-0.3, -0.25) is 4.68 Å². The summed E-state index contributed by atoms with van der Waals surface area (Å²) in [6.45, 7) is 2.82. The molecule has 2 aromatic heterocycles. The smallest absolute Gasteiger partial charge is 0.319 e. The third kappa shape index (κ3) is 3.55. The molecule has 6 nitrogen and oxygen atoms in total. The van der Waals surface area contributed by atoms with Gasteiger partial charge >= 0.3 is 6.03 Å². The second-order valence-electron chi connectivity index (χ2n) is 6.58. The van der Waals surface area contributed by atoms with Gasteiger partial charge in [0.2, 0.25) is 0 Å². The van der Waals surface area contributed by atoms with Crippen LogP contribution in [0.25, 0.3) is 22.0 Å². The van der Waals surface area contributed by atoms with Crippen LogP contribution in [0, 0.1) is 6.92 Å². The molecule has 4 rings (SSSR count). The van der Waals surface area contributed by atoms with E-state index in [4.69, 9.17) is 0 Å². The van der Waals surface area contributed by atoms with E-state index < -0.39 is 0 Å². The molecule has 0 radical (unpaired) electrons. The van der Waals surface area contributed by atoms with Gasteiger partial charge in [-0.1, -0.05) is 35.9 Å². The van der Waals surface area contributed by atoms with Gasteiger partial charge in [0.1, 0.15) is 0 Å². The van der Waals surface area contributed by atoms with E-state index in [1.807, 2.05) is 23.1 Å². The van der Waals surface area contributed by atoms with Crippen molar-refractivity contribution in [2.75, 3.05) is 12.4 Å². The number of hydrogen-bond acceptors (Lipinski definition) is 2. The van der Waals surface area contributed by atoms with Gasteiger partial charge in [-0.15, -0.1) is 0 Å². The van der Waals surface area contributed by atoms with Crippen molar-refractivity contribution in [1.29, 1.82) is 0 Å².